The number of hydrogen-bond acceptors (Lipinski definition) is 1. The molecule has 0 saturated heterocycles. The van der Waals surface area contributed by atoms with E-state index < -0.39 is 0 Å². The number of halogens is 2. The Morgan fingerprint density at radius 1 is 1.55 bits per heavy atom. The fourth-order valence-electron chi connectivity index (χ4n) is 0.752. The van der Waals surface area contributed by atoms with Crippen molar-refractivity contribution in [1.29, 1.82) is 0 Å². The van der Waals surface area contributed by atoms with Crippen molar-refractivity contribution >= 4 is 27.5 Å². The Hall–Kier alpha value is -0.0800. The van der Waals surface area contributed by atoms with Crippen LogP contribution in [0.15, 0.2) is 16.7 Å². The third-order valence-corrected chi connectivity index (χ3v) is 2.62. The largest absolute Gasteiger partial charge is 0.243 e. The summed E-state index contributed by atoms with van der Waals surface area (Å²) in [5.41, 5.74) is 1.20. The van der Waals surface area contributed by atoms with Gasteiger partial charge in [0.25, 0.3) is 0 Å². The van der Waals surface area contributed by atoms with Crippen LogP contribution >= 0.6 is 27.5 Å². The highest BCUT2D eigenvalue weighted by Gasteiger charge is 2.02. The SMILES string of the molecule is CC(C)c1cnc(Cl)c(Br)c1. The summed E-state index contributed by atoms with van der Waals surface area (Å²) in [5.74, 6) is 0.496. The van der Waals surface area contributed by atoms with E-state index in [1.54, 1.807) is 6.20 Å². The van der Waals surface area contributed by atoms with E-state index in [2.05, 4.69) is 34.8 Å². The molecule has 0 fully saturated rings. The lowest BCUT2D eigenvalue weighted by atomic mass is 10.1. The topological polar surface area (TPSA) is 12.9 Å². The van der Waals surface area contributed by atoms with Gasteiger partial charge in [0, 0.05) is 6.20 Å². The van der Waals surface area contributed by atoms with E-state index in [1.165, 1.54) is 5.56 Å². The Bertz CT molecular complexity index is 260. The molecule has 0 unspecified atom stereocenters. The van der Waals surface area contributed by atoms with Gasteiger partial charge >= 0.3 is 0 Å². The molecular weight excluding hydrogens is 225 g/mol. The van der Waals surface area contributed by atoms with Crippen molar-refractivity contribution in [1.82, 2.24) is 4.98 Å². The summed E-state index contributed by atoms with van der Waals surface area (Å²) >= 11 is 9.05. The van der Waals surface area contributed by atoms with Crippen LogP contribution in [0, 0.1) is 0 Å². The van der Waals surface area contributed by atoms with Crippen molar-refractivity contribution in [2.75, 3.05) is 0 Å². The van der Waals surface area contributed by atoms with Crippen LogP contribution in [0.5, 0.6) is 0 Å². The minimum atomic E-state index is 0.496. The highest BCUT2D eigenvalue weighted by molar-refractivity contribution is 9.10. The molecule has 0 aromatic carbocycles. The van der Waals surface area contributed by atoms with Gasteiger partial charge in [0.05, 0.1) is 4.47 Å². The van der Waals surface area contributed by atoms with E-state index in [-0.39, 0.29) is 0 Å². The van der Waals surface area contributed by atoms with Gasteiger partial charge in [0.1, 0.15) is 5.15 Å². The van der Waals surface area contributed by atoms with Crippen LogP contribution < -0.4 is 0 Å². The standard InChI is InChI=1S/C8H9BrClN/c1-5(2)6-3-7(9)8(10)11-4-6/h3-5H,1-2H3. The monoisotopic (exact) mass is 233 g/mol. The molecule has 3 heteroatoms. The molecule has 0 aliphatic rings. The molecule has 0 saturated carbocycles. The van der Waals surface area contributed by atoms with Crippen molar-refractivity contribution in [3.8, 4) is 0 Å². The van der Waals surface area contributed by atoms with Gasteiger partial charge in [-0.15, -0.1) is 0 Å². The van der Waals surface area contributed by atoms with Gasteiger partial charge in [-0.05, 0) is 33.5 Å². The molecule has 1 aromatic rings. The summed E-state index contributed by atoms with van der Waals surface area (Å²) in [6, 6.07) is 2.00. The maximum Gasteiger partial charge on any atom is 0.143 e. The zero-order chi connectivity index (χ0) is 8.43. The molecule has 0 aliphatic carbocycles. The Kier molecular flexibility index (Phi) is 2.90. The molecule has 0 spiro atoms. The first-order valence-corrected chi connectivity index (χ1v) is 4.59. The minimum absolute atomic E-state index is 0.496. The van der Waals surface area contributed by atoms with Crippen LogP contribution in [0.4, 0.5) is 0 Å². The van der Waals surface area contributed by atoms with E-state index in [0.29, 0.717) is 11.1 Å². The van der Waals surface area contributed by atoms with E-state index in [0.717, 1.165) is 4.47 Å². The predicted molar refractivity (Wildman–Crippen MR) is 51.0 cm³/mol. The Labute approximate surface area is 79.9 Å². The summed E-state index contributed by atoms with van der Waals surface area (Å²) in [6.07, 6.45) is 1.80. The van der Waals surface area contributed by atoms with Gasteiger partial charge in [0.15, 0.2) is 0 Å². The van der Waals surface area contributed by atoms with E-state index in [9.17, 15) is 0 Å². The molecule has 0 N–H and O–H groups in total. The van der Waals surface area contributed by atoms with Crippen molar-refractivity contribution in [3.63, 3.8) is 0 Å². The number of nitrogens with zero attached hydrogens (tertiary/aromatic N) is 1. The van der Waals surface area contributed by atoms with Gasteiger partial charge in [-0.1, -0.05) is 25.4 Å². The van der Waals surface area contributed by atoms with Crippen LogP contribution in [0.2, 0.25) is 5.15 Å². The second-order valence-electron chi connectivity index (χ2n) is 2.70. The molecule has 0 aliphatic heterocycles. The van der Waals surface area contributed by atoms with Crippen LogP contribution in [0.25, 0.3) is 0 Å². The van der Waals surface area contributed by atoms with Crippen LogP contribution in [-0.4, -0.2) is 4.98 Å². The lowest BCUT2D eigenvalue weighted by Crippen LogP contribution is -1.89. The Balaban J connectivity index is 3.05. The third kappa shape index (κ3) is 2.17. The first-order chi connectivity index (χ1) is 5.11. The maximum absolute atomic E-state index is 5.73. The number of pyridine rings is 1. The Morgan fingerprint density at radius 2 is 2.18 bits per heavy atom. The lowest BCUT2D eigenvalue weighted by Gasteiger charge is -2.04. The quantitative estimate of drug-likeness (QED) is 0.676. The number of hydrogen-bond donors (Lipinski definition) is 0. The second-order valence-corrected chi connectivity index (χ2v) is 3.91. The minimum Gasteiger partial charge on any atom is -0.243 e. The summed E-state index contributed by atoms with van der Waals surface area (Å²) in [6.45, 7) is 4.24. The molecule has 60 valence electrons. The molecule has 11 heavy (non-hydrogen) atoms. The summed E-state index contributed by atoms with van der Waals surface area (Å²) in [4.78, 5) is 4.02. The van der Waals surface area contributed by atoms with E-state index in [4.69, 9.17) is 11.6 Å². The fourth-order valence-corrected chi connectivity index (χ4v) is 1.22. The highest BCUT2D eigenvalue weighted by Crippen LogP contribution is 2.23. The van der Waals surface area contributed by atoms with Crippen molar-refractivity contribution in [2.45, 2.75) is 19.8 Å². The smallest absolute Gasteiger partial charge is 0.143 e. The molecule has 0 bridgehead atoms. The first kappa shape index (κ1) is 9.01. The molecule has 0 atom stereocenters. The molecule has 1 aromatic heterocycles. The fraction of sp³-hybridized carbons (Fsp3) is 0.375. The van der Waals surface area contributed by atoms with Gasteiger partial charge in [-0.3, -0.25) is 0 Å². The second kappa shape index (κ2) is 3.55. The zero-order valence-electron chi connectivity index (χ0n) is 6.44. The predicted octanol–water partition coefficient (Wildman–Crippen LogP) is 3.62. The molecule has 0 radical (unpaired) electrons. The lowest BCUT2D eigenvalue weighted by molar-refractivity contribution is 0.857. The molecule has 0 amide bonds. The average molecular weight is 235 g/mol. The maximum atomic E-state index is 5.73. The zero-order valence-corrected chi connectivity index (χ0v) is 8.78. The molecule has 1 rings (SSSR count). The van der Waals surface area contributed by atoms with Crippen LogP contribution in [-0.2, 0) is 0 Å². The third-order valence-electron chi connectivity index (χ3n) is 1.48. The van der Waals surface area contributed by atoms with Crippen LogP contribution in [0.3, 0.4) is 0 Å². The van der Waals surface area contributed by atoms with Crippen LogP contribution in [0.1, 0.15) is 25.3 Å². The highest BCUT2D eigenvalue weighted by atomic mass is 79.9. The van der Waals surface area contributed by atoms with Crippen molar-refractivity contribution in [3.05, 3.63) is 27.5 Å². The molecule has 1 nitrogen and oxygen atoms in total. The normalized spacial score (nSPS) is 10.6. The van der Waals surface area contributed by atoms with Crippen molar-refractivity contribution < 1.29 is 0 Å². The summed E-state index contributed by atoms with van der Waals surface area (Å²) in [7, 11) is 0. The van der Waals surface area contributed by atoms with E-state index in [1.807, 2.05) is 6.07 Å². The van der Waals surface area contributed by atoms with Gasteiger partial charge in [-0.25, -0.2) is 4.98 Å². The summed E-state index contributed by atoms with van der Waals surface area (Å²) in [5, 5.41) is 0.523. The number of aromatic nitrogens is 1. The van der Waals surface area contributed by atoms with E-state index >= 15 is 0 Å². The Morgan fingerprint density at radius 3 is 2.64 bits per heavy atom. The van der Waals surface area contributed by atoms with Gasteiger partial charge in [0.2, 0.25) is 0 Å². The van der Waals surface area contributed by atoms with Crippen molar-refractivity contribution in [2.24, 2.45) is 0 Å². The number of rotatable bonds is 1. The molecule has 1 heterocycles. The molecular formula is C8H9BrClN. The summed E-state index contributed by atoms with van der Waals surface area (Å²) < 4.78 is 0.866. The average Bonchev–Trinajstić information content (AvgIpc) is 1.94. The van der Waals surface area contributed by atoms with Gasteiger partial charge < -0.3 is 0 Å². The van der Waals surface area contributed by atoms with Gasteiger partial charge in [-0.2, -0.15) is 0 Å². The first-order valence-electron chi connectivity index (χ1n) is 3.42.